The molecule has 3 aromatic rings. The highest BCUT2D eigenvalue weighted by molar-refractivity contribution is 6.35. The maximum absolute atomic E-state index is 14.2. The molecule has 2 atom stereocenters. The van der Waals surface area contributed by atoms with Crippen molar-refractivity contribution in [2.45, 2.75) is 44.1 Å². The number of benzene rings is 3. The highest BCUT2D eigenvalue weighted by Gasteiger charge is 2.43. The van der Waals surface area contributed by atoms with Crippen LogP contribution >= 0.6 is 23.2 Å². The number of hydrogen-bond donors (Lipinski definition) is 1. The molecule has 1 N–H and O–H groups in total. The maximum atomic E-state index is 14.2. The number of halogens is 2. The van der Waals surface area contributed by atoms with Crippen molar-refractivity contribution in [1.82, 2.24) is 5.32 Å². The van der Waals surface area contributed by atoms with Crippen molar-refractivity contribution < 1.29 is 23.8 Å². The van der Waals surface area contributed by atoms with Gasteiger partial charge in [-0.05, 0) is 73.7 Å². The van der Waals surface area contributed by atoms with Crippen molar-refractivity contribution in [3.8, 4) is 11.5 Å². The van der Waals surface area contributed by atoms with Gasteiger partial charge in [0.15, 0.2) is 11.5 Å². The Labute approximate surface area is 257 Å². The Balaban J connectivity index is 1.50. The van der Waals surface area contributed by atoms with Gasteiger partial charge in [-0.3, -0.25) is 9.59 Å². The predicted octanol–water partition coefficient (Wildman–Crippen LogP) is 6.67. The second kappa shape index (κ2) is 12.9. The number of nitrogens with one attached hydrogen (secondary N) is 1. The molecule has 0 saturated carbocycles. The van der Waals surface area contributed by atoms with E-state index in [-0.39, 0.29) is 18.2 Å². The second-order valence-electron chi connectivity index (χ2n) is 11.0. The van der Waals surface area contributed by atoms with E-state index in [1.807, 2.05) is 61.5 Å². The molecule has 42 heavy (non-hydrogen) atoms. The average molecular weight is 612 g/mol. The van der Waals surface area contributed by atoms with Crippen LogP contribution in [-0.4, -0.2) is 45.8 Å². The quantitative estimate of drug-likeness (QED) is 0.308. The van der Waals surface area contributed by atoms with E-state index >= 15 is 0 Å². The van der Waals surface area contributed by atoms with Crippen molar-refractivity contribution >= 4 is 40.7 Å². The van der Waals surface area contributed by atoms with Crippen LogP contribution in [-0.2, 0) is 19.7 Å². The monoisotopic (exact) mass is 610 g/mol. The highest BCUT2D eigenvalue weighted by atomic mass is 35.5. The summed E-state index contributed by atoms with van der Waals surface area (Å²) in [5.74, 6) is 0.466. The van der Waals surface area contributed by atoms with Gasteiger partial charge in [0.2, 0.25) is 11.8 Å². The Morgan fingerprint density at radius 3 is 2.38 bits per heavy atom. The van der Waals surface area contributed by atoms with E-state index in [4.69, 9.17) is 37.4 Å². The fourth-order valence-electron chi connectivity index (χ4n) is 6.21. The van der Waals surface area contributed by atoms with Crippen LogP contribution in [0.15, 0.2) is 60.7 Å². The second-order valence-corrected chi connectivity index (χ2v) is 11.9. The van der Waals surface area contributed by atoms with E-state index in [1.54, 1.807) is 25.2 Å². The highest BCUT2D eigenvalue weighted by Crippen LogP contribution is 2.43. The van der Waals surface area contributed by atoms with Crippen molar-refractivity contribution in [2.75, 3.05) is 38.9 Å². The molecule has 0 bridgehead atoms. The van der Waals surface area contributed by atoms with E-state index in [0.717, 1.165) is 22.4 Å². The summed E-state index contributed by atoms with van der Waals surface area (Å²) in [5, 5.41) is 4.41. The van der Waals surface area contributed by atoms with Gasteiger partial charge in [0, 0.05) is 47.3 Å². The summed E-state index contributed by atoms with van der Waals surface area (Å²) < 4.78 is 16.7. The molecular weight excluding hydrogens is 575 g/mol. The SMILES string of the molecule is COc1ccc(C2C(C(=O)NCC3(c4ccc(Cl)cc4Cl)CCOCC3)CCC(=O)N2c2ccc(C)cc2)cc1OC. The molecule has 2 saturated heterocycles. The molecule has 2 aliphatic rings. The molecule has 2 amide bonds. The number of carbonyl (C=O) groups excluding carboxylic acids is 2. The Morgan fingerprint density at radius 2 is 1.71 bits per heavy atom. The van der Waals surface area contributed by atoms with Crippen LogP contribution in [0.2, 0.25) is 10.0 Å². The molecule has 7 nitrogen and oxygen atoms in total. The molecule has 9 heteroatoms. The molecule has 2 fully saturated rings. The molecule has 2 unspecified atom stereocenters. The number of ether oxygens (including phenoxy) is 3. The van der Waals surface area contributed by atoms with Crippen LogP contribution < -0.4 is 19.7 Å². The number of anilines is 1. The summed E-state index contributed by atoms with van der Waals surface area (Å²) in [4.78, 5) is 29.4. The minimum Gasteiger partial charge on any atom is -0.493 e. The predicted molar refractivity (Wildman–Crippen MR) is 165 cm³/mol. The zero-order valence-electron chi connectivity index (χ0n) is 24.1. The molecule has 0 aromatic heterocycles. The topological polar surface area (TPSA) is 77.1 Å². The summed E-state index contributed by atoms with van der Waals surface area (Å²) in [5.41, 5.74) is 3.19. The number of methoxy groups -OCH3 is 2. The lowest BCUT2D eigenvalue weighted by molar-refractivity contribution is -0.129. The molecule has 0 aliphatic carbocycles. The van der Waals surface area contributed by atoms with Crippen LogP contribution in [0.25, 0.3) is 0 Å². The lowest BCUT2D eigenvalue weighted by Crippen LogP contribution is -2.51. The first-order valence-corrected chi connectivity index (χ1v) is 14.9. The Bertz CT molecular complexity index is 1440. The molecule has 5 rings (SSSR count). The standard InChI is InChI=1S/C33H36Cl2N2O5/c1-21-4-8-24(9-5-21)37-30(38)13-10-25(31(37)22-6-12-28(40-2)29(18-22)41-3)32(39)36-20-33(14-16-42-17-15-33)26-11-7-23(34)19-27(26)35/h4-9,11-12,18-19,25,31H,10,13-17,20H2,1-3H3,(H,36,39). The van der Waals surface area contributed by atoms with Crippen LogP contribution in [0.5, 0.6) is 11.5 Å². The third-order valence-electron chi connectivity index (χ3n) is 8.55. The summed E-state index contributed by atoms with van der Waals surface area (Å²) in [6.45, 7) is 3.54. The van der Waals surface area contributed by atoms with Crippen LogP contribution in [0.3, 0.4) is 0 Å². The number of carbonyl (C=O) groups is 2. The van der Waals surface area contributed by atoms with Crippen molar-refractivity contribution in [3.63, 3.8) is 0 Å². The number of nitrogens with zero attached hydrogens (tertiary/aromatic N) is 1. The van der Waals surface area contributed by atoms with Gasteiger partial charge >= 0.3 is 0 Å². The molecule has 0 spiro atoms. The van der Waals surface area contributed by atoms with E-state index < -0.39 is 17.4 Å². The van der Waals surface area contributed by atoms with Gasteiger partial charge in [-0.25, -0.2) is 0 Å². The fraction of sp³-hybridized carbons (Fsp3) is 0.394. The fourth-order valence-corrected chi connectivity index (χ4v) is 6.81. The van der Waals surface area contributed by atoms with E-state index in [9.17, 15) is 9.59 Å². The molecule has 3 aromatic carbocycles. The normalized spacial score (nSPS) is 20.2. The third-order valence-corrected chi connectivity index (χ3v) is 9.10. The maximum Gasteiger partial charge on any atom is 0.227 e. The molecular formula is C33H36Cl2N2O5. The number of piperidine rings is 1. The first-order valence-electron chi connectivity index (χ1n) is 14.2. The zero-order chi connectivity index (χ0) is 29.9. The van der Waals surface area contributed by atoms with Crippen LogP contribution in [0.4, 0.5) is 5.69 Å². The summed E-state index contributed by atoms with van der Waals surface area (Å²) in [6, 6.07) is 18.4. The molecule has 222 valence electrons. The molecule has 2 aliphatic heterocycles. The van der Waals surface area contributed by atoms with Crippen LogP contribution in [0, 0.1) is 12.8 Å². The lowest BCUT2D eigenvalue weighted by Gasteiger charge is -2.42. The number of rotatable bonds is 8. The van der Waals surface area contributed by atoms with Gasteiger partial charge in [0.05, 0.1) is 26.2 Å². The lowest BCUT2D eigenvalue weighted by atomic mass is 9.73. The first kappa shape index (κ1) is 30.2. The smallest absolute Gasteiger partial charge is 0.227 e. The minimum atomic E-state index is -0.543. The van der Waals surface area contributed by atoms with Crippen LogP contribution in [0.1, 0.15) is 48.4 Å². The van der Waals surface area contributed by atoms with Crippen molar-refractivity contribution in [1.29, 1.82) is 0 Å². The Hall–Kier alpha value is -3.26. The number of aryl methyl sites for hydroxylation is 1. The first-order chi connectivity index (χ1) is 20.3. The molecule has 0 radical (unpaired) electrons. The average Bonchev–Trinajstić information content (AvgIpc) is 3.00. The summed E-state index contributed by atoms with van der Waals surface area (Å²) in [7, 11) is 3.15. The van der Waals surface area contributed by atoms with Crippen molar-refractivity contribution in [2.24, 2.45) is 5.92 Å². The van der Waals surface area contributed by atoms with E-state index in [1.165, 1.54) is 0 Å². The number of hydrogen-bond acceptors (Lipinski definition) is 5. The van der Waals surface area contributed by atoms with Gasteiger partial charge in [0.1, 0.15) is 0 Å². The van der Waals surface area contributed by atoms with Gasteiger partial charge < -0.3 is 24.4 Å². The Kier molecular flexibility index (Phi) is 9.31. The largest absolute Gasteiger partial charge is 0.493 e. The summed E-state index contributed by atoms with van der Waals surface area (Å²) >= 11 is 12.9. The van der Waals surface area contributed by atoms with Gasteiger partial charge in [0.25, 0.3) is 0 Å². The number of amides is 2. The van der Waals surface area contributed by atoms with Gasteiger partial charge in [-0.15, -0.1) is 0 Å². The van der Waals surface area contributed by atoms with Gasteiger partial charge in [-0.2, -0.15) is 0 Å². The summed E-state index contributed by atoms with van der Waals surface area (Å²) in [6.07, 6.45) is 2.11. The minimum absolute atomic E-state index is 0.0310. The zero-order valence-corrected chi connectivity index (χ0v) is 25.6. The van der Waals surface area contributed by atoms with E-state index in [0.29, 0.717) is 60.6 Å². The third kappa shape index (κ3) is 6.10. The molecule has 2 heterocycles. The Morgan fingerprint density at radius 1 is 1.00 bits per heavy atom. The van der Waals surface area contributed by atoms with E-state index in [2.05, 4.69) is 5.32 Å². The van der Waals surface area contributed by atoms with Crippen molar-refractivity contribution in [3.05, 3.63) is 87.4 Å². The van der Waals surface area contributed by atoms with Gasteiger partial charge in [-0.1, -0.05) is 53.0 Å².